The predicted molar refractivity (Wildman–Crippen MR) is 72.2 cm³/mol. The molecule has 0 radical (unpaired) electrons. The number of benzene rings is 1. The highest BCUT2D eigenvalue weighted by molar-refractivity contribution is 7.89. The van der Waals surface area contributed by atoms with E-state index in [1.165, 1.54) is 6.33 Å². The number of aryl methyl sites for hydroxylation is 1. The van der Waals surface area contributed by atoms with Crippen LogP contribution in [0.1, 0.15) is 17.0 Å². The highest BCUT2D eigenvalue weighted by Gasteiger charge is 2.31. The summed E-state index contributed by atoms with van der Waals surface area (Å²) in [6.45, 7) is 1.58. The maximum Gasteiger partial charge on any atom is 0.416 e. The molecule has 1 aromatic heterocycles. The molecule has 9 heteroatoms. The van der Waals surface area contributed by atoms with E-state index in [-0.39, 0.29) is 6.54 Å². The van der Waals surface area contributed by atoms with Gasteiger partial charge in [0.15, 0.2) is 0 Å². The zero-order chi connectivity index (χ0) is 16.4. The molecule has 0 saturated heterocycles. The van der Waals surface area contributed by atoms with Crippen molar-refractivity contribution in [2.45, 2.75) is 24.5 Å². The highest BCUT2D eigenvalue weighted by atomic mass is 32.2. The van der Waals surface area contributed by atoms with Crippen molar-refractivity contribution in [1.29, 1.82) is 0 Å². The topological polar surface area (TPSA) is 72.0 Å². The number of aromatic nitrogens is 2. The van der Waals surface area contributed by atoms with Gasteiger partial charge < -0.3 is 0 Å². The van der Waals surface area contributed by atoms with Crippen molar-refractivity contribution >= 4 is 10.0 Å². The average molecular weight is 331 g/mol. The molecule has 0 atom stereocenters. The van der Waals surface area contributed by atoms with E-state index >= 15 is 0 Å². The lowest BCUT2D eigenvalue weighted by atomic mass is 10.2. The minimum Gasteiger partial charge on any atom is -0.242 e. The first-order chi connectivity index (χ1) is 10.2. The van der Waals surface area contributed by atoms with Crippen molar-refractivity contribution in [2.75, 3.05) is 0 Å². The van der Waals surface area contributed by atoms with Crippen molar-refractivity contribution < 1.29 is 21.6 Å². The normalized spacial score (nSPS) is 12.4. The van der Waals surface area contributed by atoms with Gasteiger partial charge in [0.1, 0.15) is 6.33 Å². The molecule has 22 heavy (non-hydrogen) atoms. The fraction of sp³-hybridized carbons (Fsp3) is 0.231. The van der Waals surface area contributed by atoms with Crippen LogP contribution < -0.4 is 4.72 Å². The standard InChI is InChI=1S/C13H12F3N3O2S/c1-9-5-11(18-8-17-9)7-19-22(20,21)12-4-2-3-10(6-12)13(14,15)16/h2-6,8,19H,7H2,1H3. The molecule has 0 aliphatic carbocycles. The molecule has 0 unspecified atom stereocenters. The first-order valence-electron chi connectivity index (χ1n) is 6.13. The molecule has 1 aromatic carbocycles. The number of rotatable bonds is 4. The van der Waals surface area contributed by atoms with Gasteiger partial charge in [0.05, 0.1) is 22.7 Å². The van der Waals surface area contributed by atoms with Gasteiger partial charge in [-0.2, -0.15) is 13.2 Å². The Morgan fingerprint density at radius 1 is 1.18 bits per heavy atom. The van der Waals surface area contributed by atoms with Gasteiger partial charge in [0, 0.05) is 5.69 Å². The third-order valence-electron chi connectivity index (χ3n) is 2.78. The lowest BCUT2D eigenvalue weighted by Crippen LogP contribution is -2.24. The molecule has 0 aliphatic heterocycles. The fourth-order valence-electron chi connectivity index (χ4n) is 1.70. The number of hydrogen-bond donors (Lipinski definition) is 1. The Balaban J connectivity index is 2.20. The number of sulfonamides is 1. The second kappa shape index (κ2) is 6.01. The van der Waals surface area contributed by atoms with Gasteiger partial charge >= 0.3 is 6.18 Å². The van der Waals surface area contributed by atoms with Gasteiger partial charge in [-0.15, -0.1) is 0 Å². The van der Waals surface area contributed by atoms with Gasteiger partial charge in [0.2, 0.25) is 10.0 Å². The Labute approximate surface area is 125 Å². The van der Waals surface area contributed by atoms with Gasteiger partial charge in [-0.1, -0.05) is 6.07 Å². The number of hydrogen-bond acceptors (Lipinski definition) is 4. The maximum atomic E-state index is 12.6. The first-order valence-corrected chi connectivity index (χ1v) is 7.61. The summed E-state index contributed by atoms with van der Waals surface area (Å²) in [5, 5.41) is 0. The molecule has 2 aromatic rings. The molecule has 0 spiro atoms. The SMILES string of the molecule is Cc1cc(CNS(=O)(=O)c2cccc(C(F)(F)F)c2)ncn1. The van der Waals surface area contributed by atoms with E-state index < -0.39 is 26.7 Å². The summed E-state index contributed by atoms with van der Waals surface area (Å²) >= 11 is 0. The molecular weight excluding hydrogens is 319 g/mol. The van der Waals surface area contributed by atoms with E-state index in [1.54, 1.807) is 13.0 Å². The van der Waals surface area contributed by atoms with Crippen molar-refractivity contribution in [3.05, 3.63) is 53.6 Å². The van der Waals surface area contributed by atoms with Crippen LogP contribution in [0.4, 0.5) is 13.2 Å². The van der Waals surface area contributed by atoms with E-state index in [0.29, 0.717) is 17.5 Å². The molecule has 1 heterocycles. The lowest BCUT2D eigenvalue weighted by molar-refractivity contribution is -0.137. The number of alkyl halides is 3. The van der Waals surface area contributed by atoms with Crippen LogP contribution in [0.15, 0.2) is 41.6 Å². The summed E-state index contributed by atoms with van der Waals surface area (Å²) in [7, 11) is -4.06. The van der Waals surface area contributed by atoms with Crippen molar-refractivity contribution in [2.24, 2.45) is 0 Å². The number of halogens is 3. The van der Waals surface area contributed by atoms with E-state index in [4.69, 9.17) is 0 Å². The summed E-state index contributed by atoms with van der Waals surface area (Å²) in [6, 6.07) is 5.13. The van der Waals surface area contributed by atoms with E-state index in [2.05, 4.69) is 14.7 Å². The predicted octanol–water partition coefficient (Wildman–Crippen LogP) is 2.28. The monoisotopic (exact) mass is 331 g/mol. The zero-order valence-corrected chi connectivity index (χ0v) is 12.2. The number of nitrogens with one attached hydrogen (secondary N) is 1. The molecule has 1 N–H and O–H groups in total. The first kappa shape index (κ1) is 16.4. The van der Waals surface area contributed by atoms with Gasteiger partial charge in [-0.25, -0.2) is 23.1 Å². The largest absolute Gasteiger partial charge is 0.416 e. The summed E-state index contributed by atoms with van der Waals surface area (Å²) in [4.78, 5) is 7.29. The van der Waals surface area contributed by atoms with E-state index in [9.17, 15) is 21.6 Å². The molecule has 118 valence electrons. The summed E-state index contributed by atoms with van der Waals surface area (Å²) < 4.78 is 64.2. The second-order valence-electron chi connectivity index (χ2n) is 4.50. The molecular formula is C13H12F3N3O2S. The van der Waals surface area contributed by atoms with Crippen LogP contribution >= 0.6 is 0 Å². The van der Waals surface area contributed by atoms with Crippen LogP contribution in [0.2, 0.25) is 0 Å². The summed E-state index contributed by atoms with van der Waals surface area (Å²) in [6.07, 6.45) is -3.32. The van der Waals surface area contributed by atoms with Gasteiger partial charge in [-0.05, 0) is 31.2 Å². The Bertz CT molecular complexity index is 776. The molecule has 0 fully saturated rings. The second-order valence-corrected chi connectivity index (χ2v) is 6.27. The Morgan fingerprint density at radius 2 is 1.91 bits per heavy atom. The van der Waals surface area contributed by atoms with Crippen LogP contribution in [0.3, 0.4) is 0 Å². The molecule has 0 saturated carbocycles. The lowest BCUT2D eigenvalue weighted by Gasteiger charge is -2.10. The third kappa shape index (κ3) is 4.01. The zero-order valence-electron chi connectivity index (χ0n) is 11.4. The Kier molecular flexibility index (Phi) is 4.47. The Morgan fingerprint density at radius 3 is 2.55 bits per heavy atom. The van der Waals surface area contributed by atoms with Crippen LogP contribution in [-0.4, -0.2) is 18.4 Å². The van der Waals surface area contributed by atoms with Crippen LogP contribution in [0, 0.1) is 6.92 Å². The molecule has 0 aliphatic rings. The van der Waals surface area contributed by atoms with Crippen LogP contribution in [0.5, 0.6) is 0 Å². The quantitative estimate of drug-likeness (QED) is 0.933. The van der Waals surface area contributed by atoms with Crippen LogP contribution in [-0.2, 0) is 22.7 Å². The van der Waals surface area contributed by atoms with Crippen LogP contribution in [0.25, 0.3) is 0 Å². The average Bonchev–Trinajstić information content (AvgIpc) is 2.45. The number of nitrogens with zero attached hydrogens (tertiary/aromatic N) is 2. The minimum absolute atomic E-state index is 0.137. The van der Waals surface area contributed by atoms with Crippen molar-refractivity contribution in [1.82, 2.24) is 14.7 Å². The summed E-state index contributed by atoms with van der Waals surface area (Å²) in [5.74, 6) is 0. The van der Waals surface area contributed by atoms with Gasteiger partial charge in [-0.3, -0.25) is 0 Å². The Hall–Kier alpha value is -2.00. The molecule has 2 rings (SSSR count). The summed E-state index contributed by atoms with van der Waals surface area (Å²) in [5.41, 5.74) is 0.0552. The highest BCUT2D eigenvalue weighted by Crippen LogP contribution is 2.30. The molecule has 5 nitrogen and oxygen atoms in total. The van der Waals surface area contributed by atoms with Gasteiger partial charge in [0.25, 0.3) is 0 Å². The van der Waals surface area contributed by atoms with Crippen molar-refractivity contribution in [3.63, 3.8) is 0 Å². The third-order valence-corrected chi connectivity index (χ3v) is 4.17. The maximum absolute atomic E-state index is 12.6. The van der Waals surface area contributed by atoms with Crippen molar-refractivity contribution in [3.8, 4) is 0 Å². The smallest absolute Gasteiger partial charge is 0.242 e. The molecule has 0 bridgehead atoms. The van der Waals surface area contributed by atoms with E-state index in [0.717, 1.165) is 18.2 Å². The fourth-order valence-corrected chi connectivity index (χ4v) is 2.74. The minimum atomic E-state index is -4.60. The molecule has 0 amide bonds. The van der Waals surface area contributed by atoms with E-state index in [1.807, 2.05) is 0 Å².